The first-order chi connectivity index (χ1) is 11.2. The van der Waals surface area contributed by atoms with Gasteiger partial charge in [0.25, 0.3) is 11.5 Å². The van der Waals surface area contributed by atoms with Gasteiger partial charge in [0, 0.05) is 24.1 Å². The van der Waals surface area contributed by atoms with E-state index in [2.05, 4.69) is 9.97 Å². The fraction of sp³-hybridized carbons (Fsp3) is 0.500. The summed E-state index contributed by atoms with van der Waals surface area (Å²) in [5.74, 6) is 1.28. The molecule has 0 radical (unpaired) electrons. The maximum atomic E-state index is 12.8. The van der Waals surface area contributed by atoms with E-state index in [0.717, 1.165) is 17.1 Å². The number of oxazole rings is 1. The molecule has 128 valence electrons. The van der Waals surface area contributed by atoms with Gasteiger partial charge >= 0.3 is 0 Å². The number of aromatic nitrogens is 2. The first-order valence-electron chi connectivity index (χ1n) is 8.15. The Bertz CT molecular complexity index is 855. The normalized spacial score (nSPS) is 14.6. The van der Waals surface area contributed by atoms with E-state index in [1.54, 1.807) is 18.7 Å². The van der Waals surface area contributed by atoms with Crippen molar-refractivity contribution in [2.45, 2.75) is 53.0 Å². The molecular formula is C18H23N3O3. The van der Waals surface area contributed by atoms with Gasteiger partial charge in [0.05, 0.1) is 6.54 Å². The van der Waals surface area contributed by atoms with Crippen molar-refractivity contribution in [2.24, 2.45) is 0 Å². The predicted octanol–water partition coefficient (Wildman–Crippen LogP) is 2.48. The molecule has 6 heteroatoms. The lowest BCUT2D eigenvalue weighted by molar-refractivity contribution is 0.0725. The van der Waals surface area contributed by atoms with Crippen LogP contribution in [-0.2, 0) is 18.4 Å². The summed E-state index contributed by atoms with van der Waals surface area (Å²) in [6.45, 7) is 10.6. The van der Waals surface area contributed by atoms with Crippen molar-refractivity contribution >= 4 is 5.91 Å². The third kappa shape index (κ3) is 2.88. The van der Waals surface area contributed by atoms with Crippen molar-refractivity contribution in [3.8, 4) is 0 Å². The molecule has 1 N–H and O–H groups in total. The van der Waals surface area contributed by atoms with Gasteiger partial charge in [-0.25, -0.2) is 4.98 Å². The zero-order chi connectivity index (χ0) is 17.6. The average molecular weight is 329 g/mol. The maximum absolute atomic E-state index is 12.8. The number of aromatic amines is 1. The van der Waals surface area contributed by atoms with E-state index in [1.807, 2.05) is 26.8 Å². The van der Waals surface area contributed by atoms with Crippen molar-refractivity contribution in [3.63, 3.8) is 0 Å². The largest absolute Gasteiger partial charge is 0.445 e. The Morgan fingerprint density at radius 1 is 1.33 bits per heavy atom. The van der Waals surface area contributed by atoms with E-state index in [-0.39, 0.29) is 22.4 Å². The number of fused-ring (bicyclic) bond motifs is 1. The van der Waals surface area contributed by atoms with E-state index in [9.17, 15) is 9.59 Å². The molecule has 0 atom stereocenters. The monoisotopic (exact) mass is 329 g/mol. The maximum Gasteiger partial charge on any atom is 0.261 e. The van der Waals surface area contributed by atoms with Crippen molar-refractivity contribution in [1.82, 2.24) is 14.9 Å². The molecule has 24 heavy (non-hydrogen) atoms. The molecular weight excluding hydrogens is 306 g/mol. The fourth-order valence-corrected chi connectivity index (χ4v) is 2.97. The van der Waals surface area contributed by atoms with Crippen LogP contribution in [0.5, 0.6) is 0 Å². The van der Waals surface area contributed by atoms with Gasteiger partial charge in [-0.2, -0.15) is 0 Å². The van der Waals surface area contributed by atoms with Gasteiger partial charge in [0.2, 0.25) is 0 Å². The van der Waals surface area contributed by atoms with Gasteiger partial charge in [-0.3, -0.25) is 9.59 Å². The number of hydrogen-bond acceptors (Lipinski definition) is 4. The van der Waals surface area contributed by atoms with Crippen LogP contribution in [-0.4, -0.2) is 27.3 Å². The quantitative estimate of drug-likeness (QED) is 0.872. The first-order valence-corrected chi connectivity index (χ1v) is 8.15. The van der Waals surface area contributed by atoms with Gasteiger partial charge in [-0.15, -0.1) is 0 Å². The minimum atomic E-state index is -0.334. The van der Waals surface area contributed by atoms with Gasteiger partial charge in [-0.1, -0.05) is 20.8 Å². The summed E-state index contributed by atoms with van der Waals surface area (Å²) in [6.07, 6.45) is 0.618. The lowest BCUT2D eigenvalue weighted by atomic mass is 9.97. The lowest BCUT2D eigenvalue weighted by Gasteiger charge is -2.25. The van der Waals surface area contributed by atoms with Crippen LogP contribution < -0.4 is 5.56 Å². The van der Waals surface area contributed by atoms with Gasteiger partial charge in [0.15, 0.2) is 5.89 Å². The number of pyridine rings is 1. The van der Waals surface area contributed by atoms with Crippen LogP contribution >= 0.6 is 0 Å². The Balaban J connectivity index is 1.89. The zero-order valence-corrected chi connectivity index (χ0v) is 14.8. The molecule has 0 spiro atoms. The highest BCUT2D eigenvalue weighted by Crippen LogP contribution is 2.27. The second-order valence-corrected chi connectivity index (χ2v) is 7.46. The van der Waals surface area contributed by atoms with Crippen LogP contribution in [0.1, 0.15) is 59.7 Å². The van der Waals surface area contributed by atoms with Crippen LogP contribution in [0, 0.1) is 13.8 Å². The van der Waals surface area contributed by atoms with Gasteiger partial charge in [-0.05, 0) is 25.5 Å². The molecule has 0 unspecified atom stereocenters. The predicted molar refractivity (Wildman–Crippen MR) is 90.2 cm³/mol. The number of rotatable bonds is 1. The molecule has 6 nitrogen and oxygen atoms in total. The summed E-state index contributed by atoms with van der Waals surface area (Å²) in [6, 6.07) is 1.82. The molecule has 3 rings (SSSR count). The minimum absolute atomic E-state index is 0.170. The lowest BCUT2D eigenvalue weighted by Crippen LogP contribution is -2.39. The highest BCUT2D eigenvalue weighted by Gasteiger charge is 2.30. The van der Waals surface area contributed by atoms with E-state index < -0.39 is 0 Å². The SMILES string of the molecule is Cc1cc(C)c(C(=O)N2CCc3oc(C(C)(C)C)nc3C2)c(=O)[nH]1. The van der Waals surface area contributed by atoms with E-state index in [1.165, 1.54) is 0 Å². The Kier molecular flexibility index (Phi) is 3.86. The standard InChI is InChI=1S/C18H23N3O3/c1-10-8-11(2)19-15(22)14(10)16(23)21-7-6-13-12(9-21)20-17(24-13)18(3,4)5/h8H,6-7,9H2,1-5H3,(H,19,22). The van der Waals surface area contributed by atoms with Crippen LogP contribution in [0.3, 0.4) is 0 Å². The molecule has 0 aliphatic carbocycles. The number of nitrogens with one attached hydrogen (secondary N) is 1. The molecule has 0 fully saturated rings. The molecule has 0 aromatic carbocycles. The second-order valence-electron chi connectivity index (χ2n) is 7.46. The highest BCUT2D eigenvalue weighted by molar-refractivity contribution is 5.95. The summed E-state index contributed by atoms with van der Waals surface area (Å²) in [5, 5.41) is 0. The third-order valence-electron chi connectivity index (χ3n) is 4.24. The van der Waals surface area contributed by atoms with Crippen LogP contribution in [0.25, 0.3) is 0 Å². The highest BCUT2D eigenvalue weighted by atomic mass is 16.4. The average Bonchev–Trinajstić information content (AvgIpc) is 2.89. The topological polar surface area (TPSA) is 79.2 Å². The van der Waals surface area contributed by atoms with E-state index in [4.69, 9.17) is 4.42 Å². The van der Waals surface area contributed by atoms with Crippen molar-refractivity contribution in [2.75, 3.05) is 6.54 Å². The molecule has 1 aliphatic heterocycles. The summed E-state index contributed by atoms with van der Waals surface area (Å²) in [5.41, 5.74) is 1.95. The minimum Gasteiger partial charge on any atom is -0.445 e. The summed E-state index contributed by atoms with van der Waals surface area (Å²) in [4.78, 5) is 33.9. The van der Waals surface area contributed by atoms with Gasteiger partial charge in [0.1, 0.15) is 17.0 Å². The smallest absolute Gasteiger partial charge is 0.261 e. The molecule has 1 amide bonds. The summed E-state index contributed by atoms with van der Waals surface area (Å²) < 4.78 is 5.85. The van der Waals surface area contributed by atoms with Crippen LogP contribution in [0.15, 0.2) is 15.3 Å². The number of aryl methyl sites for hydroxylation is 2. The van der Waals surface area contributed by atoms with Crippen LogP contribution in [0.2, 0.25) is 0 Å². The zero-order valence-electron chi connectivity index (χ0n) is 14.8. The molecule has 2 aromatic rings. The third-order valence-corrected chi connectivity index (χ3v) is 4.24. The number of hydrogen-bond donors (Lipinski definition) is 1. The van der Waals surface area contributed by atoms with E-state index >= 15 is 0 Å². The Morgan fingerprint density at radius 3 is 2.67 bits per heavy atom. The molecule has 0 saturated heterocycles. The van der Waals surface area contributed by atoms with Crippen molar-refractivity contribution < 1.29 is 9.21 Å². The number of nitrogens with zero attached hydrogens (tertiary/aromatic N) is 2. The van der Waals surface area contributed by atoms with Crippen LogP contribution in [0.4, 0.5) is 0 Å². The molecule has 0 bridgehead atoms. The Hall–Kier alpha value is -2.37. The van der Waals surface area contributed by atoms with E-state index in [0.29, 0.717) is 31.0 Å². The number of carbonyl (C=O) groups is 1. The fourth-order valence-electron chi connectivity index (χ4n) is 2.97. The van der Waals surface area contributed by atoms with Crippen molar-refractivity contribution in [1.29, 1.82) is 0 Å². The Labute approximate surface area is 140 Å². The van der Waals surface area contributed by atoms with Crippen molar-refractivity contribution in [3.05, 3.63) is 50.6 Å². The second kappa shape index (κ2) is 5.61. The molecule has 2 aromatic heterocycles. The molecule has 1 aliphatic rings. The number of amides is 1. The summed E-state index contributed by atoms with van der Waals surface area (Å²) in [7, 11) is 0. The van der Waals surface area contributed by atoms with Gasteiger partial charge < -0.3 is 14.3 Å². The molecule has 0 saturated carbocycles. The number of carbonyl (C=O) groups excluding carboxylic acids is 1. The first kappa shape index (κ1) is 16.5. The summed E-state index contributed by atoms with van der Waals surface area (Å²) >= 11 is 0. The number of H-pyrrole nitrogens is 1. The molecule has 3 heterocycles. The Morgan fingerprint density at radius 2 is 2.04 bits per heavy atom.